The fourth-order valence-electron chi connectivity index (χ4n) is 1.95. The summed E-state index contributed by atoms with van der Waals surface area (Å²) in [5.41, 5.74) is 2.39. The number of aryl methyl sites for hydroxylation is 1. The highest BCUT2D eigenvalue weighted by molar-refractivity contribution is 6.09. The molecule has 0 saturated carbocycles. The zero-order valence-electron chi connectivity index (χ0n) is 12.3. The van der Waals surface area contributed by atoms with Gasteiger partial charge in [0.2, 0.25) is 0 Å². The minimum absolute atomic E-state index is 0.135. The van der Waals surface area contributed by atoms with Gasteiger partial charge in [0.15, 0.2) is 0 Å². The molecular weight excluding hydrogens is 280 g/mol. The Bertz CT molecular complexity index is 666. The van der Waals surface area contributed by atoms with E-state index in [9.17, 15) is 9.59 Å². The van der Waals surface area contributed by atoms with Gasteiger partial charge in [0.05, 0.1) is 17.9 Å². The predicted molar refractivity (Wildman–Crippen MR) is 85.0 cm³/mol. The first-order valence-electron chi connectivity index (χ1n) is 6.98. The van der Waals surface area contributed by atoms with Crippen LogP contribution >= 0.6 is 0 Å². The van der Waals surface area contributed by atoms with Crippen LogP contribution in [0.4, 0.5) is 5.69 Å². The molecule has 0 radical (unpaired) electrons. The van der Waals surface area contributed by atoms with Gasteiger partial charge in [0, 0.05) is 12.1 Å². The zero-order chi connectivity index (χ0) is 15.9. The summed E-state index contributed by atoms with van der Waals surface area (Å²) in [5.74, 6) is -0.615. The fourth-order valence-corrected chi connectivity index (χ4v) is 1.95. The molecule has 0 fully saturated rings. The average Bonchev–Trinajstić information content (AvgIpc) is 2.53. The number of rotatable bonds is 5. The molecule has 0 unspecified atom stereocenters. The second-order valence-corrected chi connectivity index (χ2v) is 4.85. The maximum atomic E-state index is 12.2. The van der Waals surface area contributed by atoms with Crippen LogP contribution in [0.3, 0.4) is 0 Å². The van der Waals surface area contributed by atoms with E-state index >= 15 is 0 Å². The number of carbonyl (C=O) groups is 2. The topological polar surface area (TPSA) is 78.4 Å². The van der Waals surface area contributed by atoms with Crippen LogP contribution in [0.15, 0.2) is 48.5 Å². The van der Waals surface area contributed by atoms with Crippen LogP contribution in [0.1, 0.15) is 26.3 Å². The lowest BCUT2D eigenvalue weighted by molar-refractivity contribution is 0.0945. The van der Waals surface area contributed by atoms with Crippen molar-refractivity contribution in [2.24, 2.45) is 0 Å². The van der Waals surface area contributed by atoms with Crippen LogP contribution in [0.25, 0.3) is 0 Å². The summed E-state index contributed by atoms with van der Waals surface area (Å²) in [6.45, 7) is 1.98. The highest BCUT2D eigenvalue weighted by Gasteiger charge is 2.13. The monoisotopic (exact) mass is 298 g/mol. The van der Waals surface area contributed by atoms with E-state index in [0.29, 0.717) is 16.8 Å². The summed E-state index contributed by atoms with van der Waals surface area (Å²) in [6, 6.07) is 13.9. The Morgan fingerprint density at radius 1 is 1.00 bits per heavy atom. The number of para-hydroxylation sites is 1. The molecule has 0 bridgehead atoms. The first-order valence-corrected chi connectivity index (χ1v) is 6.98. The Kier molecular flexibility index (Phi) is 5.27. The molecule has 22 heavy (non-hydrogen) atoms. The van der Waals surface area contributed by atoms with E-state index in [4.69, 9.17) is 5.11 Å². The Hall–Kier alpha value is -2.66. The van der Waals surface area contributed by atoms with Crippen molar-refractivity contribution in [1.29, 1.82) is 0 Å². The highest BCUT2D eigenvalue weighted by atomic mass is 16.3. The number of anilines is 1. The molecule has 2 aromatic rings. The minimum Gasteiger partial charge on any atom is -0.395 e. The molecule has 0 spiro atoms. The summed E-state index contributed by atoms with van der Waals surface area (Å²) >= 11 is 0. The SMILES string of the molecule is Cc1ccc(C(=O)Nc2ccccc2C(=O)NCCO)cc1. The normalized spacial score (nSPS) is 10.1. The van der Waals surface area contributed by atoms with Crippen molar-refractivity contribution in [3.8, 4) is 0 Å². The third-order valence-electron chi connectivity index (χ3n) is 3.13. The number of aliphatic hydroxyl groups is 1. The molecule has 0 heterocycles. The third kappa shape index (κ3) is 3.93. The van der Waals surface area contributed by atoms with E-state index in [-0.39, 0.29) is 25.0 Å². The van der Waals surface area contributed by atoms with Crippen LogP contribution in [0.2, 0.25) is 0 Å². The maximum absolute atomic E-state index is 12.2. The van der Waals surface area contributed by atoms with Gasteiger partial charge in [-0.25, -0.2) is 0 Å². The van der Waals surface area contributed by atoms with Crippen molar-refractivity contribution in [3.05, 3.63) is 65.2 Å². The quantitative estimate of drug-likeness (QED) is 0.789. The van der Waals surface area contributed by atoms with E-state index in [1.54, 1.807) is 36.4 Å². The Balaban J connectivity index is 2.17. The summed E-state index contributed by atoms with van der Waals surface area (Å²) in [4.78, 5) is 24.2. The lowest BCUT2D eigenvalue weighted by Crippen LogP contribution is -2.27. The van der Waals surface area contributed by atoms with Gasteiger partial charge in [-0.15, -0.1) is 0 Å². The van der Waals surface area contributed by atoms with Crippen molar-refractivity contribution in [2.45, 2.75) is 6.92 Å². The molecule has 0 aliphatic carbocycles. The van der Waals surface area contributed by atoms with Gasteiger partial charge in [-0.05, 0) is 31.2 Å². The van der Waals surface area contributed by atoms with Crippen molar-refractivity contribution in [2.75, 3.05) is 18.5 Å². The standard InChI is InChI=1S/C17H18N2O3/c1-12-6-8-13(9-7-12)16(21)19-15-5-3-2-4-14(15)17(22)18-10-11-20/h2-9,20H,10-11H2,1H3,(H,18,22)(H,19,21). The van der Waals surface area contributed by atoms with Crippen LogP contribution in [0, 0.1) is 6.92 Å². The molecule has 2 rings (SSSR count). The van der Waals surface area contributed by atoms with Crippen molar-refractivity contribution >= 4 is 17.5 Å². The average molecular weight is 298 g/mol. The first kappa shape index (κ1) is 15.7. The number of aliphatic hydroxyl groups excluding tert-OH is 1. The predicted octanol–water partition coefficient (Wildman–Crippen LogP) is 1.97. The van der Waals surface area contributed by atoms with E-state index in [2.05, 4.69) is 10.6 Å². The van der Waals surface area contributed by atoms with Gasteiger partial charge < -0.3 is 15.7 Å². The molecule has 3 N–H and O–H groups in total. The molecule has 5 nitrogen and oxygen atoms in total. The van der Waals surface area contributed by atoms with Crippen molar-refractivity contribution < 1.29 is 14.7 Å². The van der Waals surface area contributed by atoms with Crippen molar-refractivity contribution in [1.82, 2.24) is 5.32 Å². The van der Waals surface area contributed by atoms with E-state index in [1.807, 2.05) is 19.1 Å². The molecule has 0 aliphatic rings. The molecule has 0 aliphatic heterocycles. The van der Waals surface area contributed by atoms with Crippen LogP contribution < -0.4 is 10.6 Å². The molecule has 0 aromatic heterocycles. The van der Waals surface area contributed by atoms with Crippen LogP contribution in [0.5, 0.6) is 0 Å². The number of hydrogen-bond acceptors (Lipinski definition) is 3. The van der Waals surface area contributed by atoms with E-state index in [0.717, 1.165) is 5.56 Å². The largest absolute Gasteiger partial charge is 0.395 e. The molecule has 0 saturated heterocycles. The summed E-state index contributed by atoms with van der Waals surface area (Å²) in [7, 11) is 0. The zero-order valence-corrected chi connectivity index (χ0v) is 12.3. The van der Waals surface area contributed by atoms with Gasteiger partial charge >= 0.3 is 0 Å². The third-order valence-corrected chi connectivity index (χ3v) is 3.13. The molecule has 2 aromatic carbocycles. The lowest BCUT2D eigenvalue weighted by atomic mass is 10.1. The maximum Gasteiger partial charge on any atom is 0.255 e. The van der Waals surface area contributed by atoms with Gasteiger partial charge in [-0.1, -0.05) is 29.8 Å². The number of benzene rings is 2. The molecule has 5 heteroatoms. The Morgan fingerprint density at radius 3 is 2.36 bits per heavy atom. The summed E-state index contributed by atoms with van der Waals surface area (Å²) in [6.07, 6.45) is 0. The van der Waals surface area contributed by atoms with E-state index in [1.165, 1.54) is 0 Å². The van der Waals surface area contributed by atoms with E-state index < -0.39 is 0 Å². The Labute approximate surface area is 129 Å². The van der Waals surface area contributed by atoms with Crippen LogP contribution in [-0.2, 0) is 0 Å². The molecule has 2 amide bonds. The van der Waals surface area contributed by atoms with Gasteiger partial charge in [-0.2, -0.15) is 0 Å². The number of amides is 2. The van der Waals surface area contributed by atoms with Gasteiger partial charge in [-0.3, -0.25) is 9.59 Å². The van der Waals surface area contributed by atoms with Crippen LogP contribution in [-0.4, -0.2) is 30.1 Å². The highest BCUT2D eigenvalue weighted by Crippen LogP contribution is 2.16. The van der Waals surface area contributed by atoms with Crippen molar-refractivity contribution in [3.63, 3.8) is 0 Å². The molecule has 0 atom stereocenters. The second-order valence-electron chi connectivity index (χ2n) is 4.85. The molecule has 114 valence electrons. The summed E-state index contributed by atoms with van der Waals surface area (Å²) in [5, 5.41) is 14.1. The smallest absolute Gasteiger partial charge is 0.255 e. The lowest BCUT2D eigenvalue weighted by Gasteiger charge is -2.11. The van der Waals surface area contributed by atoms with Gasteiger partial charge in [0.1, 0.15) is 0 Å². The van der Waals surface area contributed by atoms with Gasteiger partial charge in [0.25, 0.3) is 11.8 Å². The molecular formula is C17H18N2O3. The number of nitrogens with one attached hydrogen (secondary N) is 2. The second kappa shape index (κ2) is 7.38. The first-order chi connectivity index (χ1) is 10.6. The number of carbonyl (C=O) groups excluding carboxylic acids is 2. The minimum atomic E-state index is -0.339. The number of hydrogen-bond donors (Lipinski definition) is 3. The summed E-state index contributed by atoms with van der Waals surface area (Å²) < 4.78 is 0. The Morgan fingerprint density at radius 2 is 1.68 bits per heavy atom. The fraction of sp³-hybridized carbons (Fsp3) is 0.176.